The van der Waals surface area contributed by atoms with Crippen LogP contribution in [-0.4, -0.2) is 31.4 Å². The molecule has 1 aliphatic carbocycles. The Hall–Kier alpha value is -0.540. The molecule has 0 aromatic carbocycles. The summed E-state index contributed by atoms with van der Waals surface area (Å²) in [6.45, 7) is 9.32. The van der Waals surface area contributed by atoms with Crippen molar-refractivity contribution in [2.75, 3.05) is 19.8 Å². The van der Waals surface area contributed by atoms with Crippen LogP contribution >= 0.6 is 0 Å². The van der Waals surface area contributed by atoms with Crippen LogP contribution in [0.5, 0.6) is 0 Å². The van der Waals surface area contributed by atoms with Crippen LogP contribution in [0.15, 0.2) is 11.8 Å². The van der Waals surface area contributed by atoms with E-state index in [1.54, 1.807) is 0 Å². The molecule has 1 saturated carbocycles. The van der Waals surface area contributed by atoms with E-state index >= 15 is 0 Å². The molecule has 3 heteroatoms. The Morgan fingerprint density at radius 1 is 1.50 bits per heavy atom. The van der Waals surface area contributed by atoms with E-state index in [1.807, 2.05) is 0 Å². The zero-order valence-electron chi connectivity index (χ0n) is 13.4. The number of ether oxygens (including phenoxy) is 2. The minimum Gasteiger partial charge on any atom is -0.496 e. The van der Waals surface area contributed by atoms with Gasteiger partial charge in [0.15, 0.2) is 0 Å². The molecule has 3 unspecified atom stereocenters. The summed E-state index contributed by atoms with van der Waals surface area (Å²) in [4.78, 5) is 0. The second-order valence-electron chi connectivity index (χ2n) is 6.33. The van der Waals surface area contributed by atoms with Gasteiger partial charge in [0.25, 0.3) is 0 Å². The molecule has 1 N–H and O–H groups in total. The Morgan fingerprint density at radius 2 is 2.35 bits per heavy atom. The van der Waals surface area contributed by atoms with Crippen molar-refractivity contribution in [2.24, 2.45) is 5.92 Å². The molecule has 2 aliphatic rings. The van der Waals surface area contributed by atoms with Crippen LogP contribution in [0.1, 0.15) is 59.3 Å². The summed E-state index contributed by atoms with van der Waals surface area (Å²) in [5.41, 5.74) is -0.0717. The van der Waals surface area contributed by atoms with Gasteiger partial charge in [0.2, 0.25) is 0 Å². The lowest BCUT2D eigenvalue weighted by Crippen LogP contribution is -2.56. The van der Waals surface area contributed by atoms with Crippen molar-refractivity contribution in [3.05, 3.63) is 11.8 Å². The van der Waals surface area contributed by atoms with Gasteiger partial charge in [-0.2, -0.15) is 0 Å². The minimum atomic E-state index is -0.0717. The summed E-state index contributed by atoms with van der Waals surface area (Å²) in [6.07, 6.45) is 9.32. The number of nitrogens with one attached hydrogen (secondary N) is 1. The lowest BCUT2D eigenvalue weighted by molar-refractivity contribution is -0.100. The first-order valence-corrected chi connectivity index (χ1v) is 8.42. The van der Waals surface area contributed by atoms with Crippen molar-refractivity contribution in [3.63, 3.8) is 0 Å². The first-order valence-electron chi connectivity index (χ1n) is 8.42. The number of hydrogen-bond donors (Lipinski definition) is 1. The van der Waals surface area contributed by atoms with E-state index < -0.39 is 0 Å². The van der Waals surface area contributed by atoms with Crippen LogP contribution in [-0.2, 0) is 9.47 Å². The molecule has 116 valence electrons. The van der Waals surface area contributed by atoms with Crippen molar-refractivity contribution >= 4 is 0 Å². The van der Waals surface area contributed by atoms with E-state index in [1.165, 1.54) is 12.8 Å². The van der Waals surface area contributed by atoms with Crippen molar-refractivity contribution in [3.8, 4) is 0 Å². The SMILES string of the molecule is CCCNC(C1=CCCO1)C1(OCC)CCCC(C)C1. The molecule has 2 rings (SSSR count). The molecule has 1 fully saturated rings. The fourth-order valence-corrected chi connectivity index (χ4v) is 3.78. The molecular formula is C17H31NO2. The Kier molecular flexibility index (Phi) is 5.91. The maximum atomic E-state index is 6.33. The van der Waals surface area contributed by atoms with Crippen molar-refractivity contribution in [2.45, 2.75) is 70.9 Å². The highest BCUT2D eigenvalue weighted by Crippen LogP contribution is 2.40. The number of rotatable bonds is 7. The van der Waals surface area contributed by atoms with Crippen LogP contribution in [0, 0.1) is 5.92 Å². The average molecular weight is 281 g/mol. The molecule has 0 bridgehead atoms. The average Bonchev–Trinajstić information content (AvgIpc) is 2.93. The molecule has 0 aromatic rings. The van der Waals surface area contributed by atoms with Crippen LogP contribution in [0.4, 0.5) is 0 Å². The van der Waals surface area contributed by atoms with E-state index in [-0.39, 0.29) is 11.6 Å². The maximum absolute atomic E-state index is 6.33. The van der Waals surface area contributed by atoms with Gasteiger partial charge in [0.1, 0.15) is 5.76 Å². The van der Waals surface area contributed by atoms with Crippen LogP contribution in [0.3, 0.4) is 0 Å². The third kappa shape index (κ3) is 3.56. The standard InChI is InChI=1S/C17H31NO2/c1-4-11-18-16(15-9-7-12-19-15)17(20-5-2)10-6-8-14(3)13-17/h9,14,16,18H,4-8,10-13H2,1-3H3. The molecular weight excluding hydrogens is 250 g/mol. The zero-order valence-corrected chi connectivity index (χ0v) is 13.4. The van der Waals surface area contributed by atoms with Gasteiger partial charge >= 0.3 is 0 Å². The van der Waals surface area contributed by atoms with E-state index in [4.69, 9.17) is 9.47 Å². The van der Waals surface area contributed by atoms with Gasteiger partial charge in [0, 0.05) is 13.0 Å². The van der Waals surface area contributed by atoms with E-state index in [9.17, 15) is 0 Å². The molecule has 20 heavy (non-hydrogen) atoms. The molecule has 1 aliphatic heterocycles. The Bertz CT molecular complexity index is 325. The van der Waals surface area contributed by atoms with Gasteiger partial charge in [-0.25, -0.2) is 0 Å². The van der Waals surface area contributed by atoms with Crippen molar-refractivity contribution in [1.29, 1.82) is 0 Å². The molecule has 1 heterocycles. The van der Waals surface area contributed by atoms with Gasteiger partial charge in [-0.15, -0.1) is 0 Å². The molecule has 0 saturated heterocycles. The quantitative estimate of drug-likeness (QED) is 0.773. The minimum absolute atomic E-state index is 0.0717. The highest BCUT2D eigenvalue weighted by atomic mass is 16.5. The molecule has 0 spiro atoms. The zero-order chi connectivity index (χ0) is 14.4. The Labute approximate surface area is 124 Å². The highest BCUT2D eigenvalue weighted by molar-refractivity contribution is 5.16. The lowest BCUT2D eigenvalue weighted by Gasteiger charge is -2.45. The summed E-state index contributed by atoms with van der Waals surface area (Å²) in [6, 6.07) is 0.229. The van der Waals surface area contributed by atoms with Crippen LogP contribution in [0.2, 0.25) is 0 Å². The second kappa shape index (κ2) is 7.46. The highest BCUT2D eigenvalue weighted by Gasteiger charge is 2.45. The van der Waals surface area contributed by atoms with Gasteiger partial charge in [-0.1, -0.05) is 26.7 Å². The summed E-state index contributed by atoms with van der Waals surface area (Å²) >= 11 is 0. The smallest absolute Gasteiger partial charge is 0.112 e. The van der Waals surface area contributed by atoms with Gasteiger partial charge in [-0.05, 0) is 44.7 Å². The predicted octanol–water partition coefficient (Wildman–Crippen LogP) is 3.64. The largest absolute Gasteiger partial charge is 0.496 e. The van der Waals surface area contributed by atoms with Gasteiger partial charge < -0.3 is 14.8 Å². The normalized spacial score (nSPS) is 31.8. The summed E-state index contributed by atoms with van der Waals surface area (Å²) in [5, 5.41) is 3.71. The van der Waals surface area contributed by atoms with E-state index in [0.29, 0.717) is 0 Å². The molecule has 0 radical (unpaired) electrons. The fraction of sp³-hybridized carbons (Fsp3) is 0.882. The third-order valence-electron chi connectivity index (χ3n) is 4.56. The third-order valence-corrected chi connectivity index (χ3v) is 4.56. The fourth-order valence-electron chi connectivity index (χ4n) is 3.78. The molecule has 3 atom stereocenters. The topological polar surface area (TPSA) is 30.5 Å². The summed E-state index contributed by atoms with van der Waals surface area (Å²) < 4.78 is 12.2. The van der Waals surface area contributed by atoms with E-state index in [2.05, 4.69) is 32.2 Å². The summed E-state index contributed by atoms with van der Waals surface area (Å²) in [7, 11) is 0. The first kappa shape index (κ1) is 15.8. The monoisotopic (exact) mass is 281 g/mol. The van der Waals surface area contributed by atoms with Gasteiger partial charge in [0.05, 0.1) is 18.2 Å². The van der Waals surface area contributed by atoms with Gasteiger partial charge in [-0.3, -0.25) is 0 Å². The lowest BCUT2D eigenvalue weighted by atomic mass is 9.73. The maximum Gasteiger partial charge on any atom is 0.112 e. The first-order chi connectivity index (χ1) is 9.72. The van der Waals surface area contributed by atoms with E-state index in [0.717, 1.165) is 57.1 Å². The predicted molar refractivity (Wildman–Crippen MR) is 82.7 cm³/mol. The van der Waals surface area contributed by atoms with Crippen molar-refractivity contribution in [1.82, 2.24) is 5.32 Å². The number of hydrogen-bond acceptors (Lipinski definition) is 3. The van der Waals surface area contributed by atoms with Crippen LogP contribution in [0.25, 0.3) is 0 Å². The molecule has 3 nitrogen and oxygen atoms in total. The molecule has 0 amide bonds. The van der Waals surface area contributed by atoms with Crippen molar-refractivity contribution < 1.29 is 9.47 Å². The summed E-state index contributed by atoms with van der Waals surface area (Å²) in [5.74, 6) is 1.87. The molecule has 0 aromatic heterocycles. The Balaban J connectivity index is 2.20. The second-order valence-corrected chi connectivity index (χ2v) is 6.33. The van der Waals surface area contributed by atoms with Crippen LogP contribution < -0.4 is 5.32 Å². The Morgan fingerprint density at radius 3 is 2.95 bits per heavy atom.